The largest absolute Gasteiger partial charge is 0.366 e. The number of piperazine rings is 1. The third-order valence-electron chi connectivity index (χ3n) is 4.43. The second kappa shape index (κ2) is 7.90. The Morgan fingerprint density at radius 1 is 1.23 bits per heavy atom. The van der Waals surface area contributed by atoms with Crippen LogP contribution in [0.3, 0.4) is 0 Å². The van der Waals surface area contributed by atoms with E-state index < -0.39 is 5.82 Å². The number of ketones is 1. The van der Waals surface area contributed by atoms with Crippen molar-refractivity contribution in [3.8, 4) is 0 Å². The fourth-order valence-corrected chi connectivity index (χ4v) is 3.72. The van der Waals surface area contributed by atoms with Gasteiger partial charge in [-0.1, -0.05) is 11.8 Å². The van der Waals surface area contributed by atoms with Gasteiger partial charge >= 0.3 is 0 Å². The summed E-state index contributed by atoms with van der Waals surface area (Å²) in [5.41, 5.74) is 0.843. The van der Waals surface area contributed by atoms with Gasteiger partial charge in [0.1, 0.15) is 5.82 Å². The molecule has 1 saturated heterocycles. The zero-order valence-electron chi connectivity index (χ0n) is 14.8. The quantitative estimate of drug-likeness (QED) is 0.592. The average Bonchev–Trinajstić information content (AvgIpc) is 3.04. The first-order chi connectivity index (χ1) is 12.5. The standard InChI is InChI=1S/C18H21FN4O2S/c1-13(24)14-3-4-16(15(19)11-14)22-7-9-23(10-8-22)17(25)12-26-18-20-5-6-21(18)2/h3-6,11H,7-10,12H2,1-2H3. The van der Waals surface area contributed by atoms with Crippen molar-refractivity contribution in [2.24, 2.45) is 7.05 Å². The van der Waals surface area contributed by atoms with Gasteiger partial charge in [0.05, 0.1) is 11.4 Å². The van der Waals surface area contributed by atoms with Gasteiger partial charge in [0.25, 0.3) is 0 Å². The molecule has 3 rings (SSSR count). The lowest BCUT2D eigenvalue weighted by atomic mass is 10.1. The first-order valence-electron chi connectivity index (χ1n) is 8.39. The molecule has 1 aliphatic rings. The van der Waals surface area contributed by atoms with Gasteiger partial charge in [-0.3, -0.25) is 9.59 Å². The molecular weight excluding hydrogens is 355 g/mol. The van der Waals surface area contributed by atoms with E-state index in [1.165, 1.54) is 24.8 Å². The number of thioether (sulfide) groups is 1. The summed E-state index contributed by atoms with van der Waals surface area (Å²) in [5, 5.41) is 0.810. The molecule has 8 heteroatoms. The van der Waals surface area contributed by atoms with Gasteiger partial charge < -0.3 is 14.4 Å². The number of imidazole rings is 1. The Balaban J connectivity index is 1.54. The number of amides is 1. The maximum Gasteiger partial charge on any atom is 0.233 e. The molecule has 0 aliphatic carbocycles. The molecule has 0 radical (unpaired) electrons. The summed E-state index contributed by atoms with van der Waals surface area (Å²) in [6.45, 7) is 3.65. The van der Waals surface area contributed by atoms with Gasteiger partial charge in [-0.25, -0.2) is 9.37 Å². The first kappa shape index (κ1) is 18.4. The third kappa shape index (κ3) is 4.07. The van der Waals surface area contributed by atoms with Gasteiger partial charge in [0, 0.05) is 51.2 Å². The minimum atomic E-state index is -0.400. The van der Waals surface area contributed by atoms with Gasteiger partial charge in [-0.2, -0.15) is 0 Å². The predicted octanol–water partition coefficient (Wildman–Crippen LogP) is 2.20. The number of carbonyl (C=O) groups excluding carboxylic acids is 2. The van der Waals surface area contributed by atoms with E-state index in [2.05, 4.69) is 4.98 Å². The Kier molecular flexibility index (Phi) is 5.61. The van der Waals surface area contributed by atoms with Crippen LogP contribution in [0.5, 0.6) is 0 Å². The van der Waals surface area contributed by atoms with Gasteiger partial charge in [0.2, 0.25) is 5.91 Å². The number of benzene rings is 1. The minimum absolute atomic E-state index is 0.0602. The molecule has 1 aliphatic heterocycles. The number of anilines is 1. The molecule has 2 aromatic rings. The maximum atomic E-state index is 14.3. The lowest BCUT2D eigenvalue weighted by molar-refractivity contribution is -0.128. The molecule has 0 saturated carbocycles. The number of Topliss-reactive ketones (excluding diaryl/α,β-unsaturated/α-hetero) is 1. The van der Waals surface area contributed by atoms with Crippen molar-refractivity contribution in [2.75, 3.05) is 36.8 Å². The van der Waals surface area contributed by atoms with Crippen molar-refractivity contribution < 1.29 is 14.0 Å². The summed E-state index contributed by atoms with van der Waals surface area (Å²) in [7, 11) is 1.89. The predicted molar refractivity (Wildman–Crippen MR) is 99.1 cm³/mol. The number of rotatable bonds is 5. The van der Waals surface area contributed by atoms with Crippen LogP contribution in [0.2, 0.25) is 0 Å². The van der Waals surface area contributed by atoms with E-state index >= 15 is 0 Å². The van der Waals surface area contributed by atoms with Crippen LogP contribution in [0, 0.1) is 5.82 Å². The Labute approximate surface area is 156 Å². The van der Waals surface area contributed by atoms with E-state index in [0.717, 1.165) is 5.16 Å². The van der Waals surface area contributed by atoms with E-state index in [9.17, 15) is 14.0 Å². The summed E-state index contributed by atoms with van der Waals surface area (Å²) in [6, 6.07) is 4.56. The summed E-state index contributed by atoms with van der Waals surface area (Å²) in [4.78, 5) is 31.6. The van der Waals surface area contributed by atoms with Crippen molar-refractivity contribution in [1.82, 2.24) is 14.5 Å². The second-order valence-electron chi connectivity index (χ2n) is 6.20. The van der Waals surface area contributed by atoms with Crippen molar-refractivity contribution in [3.05, 3.63) is 42.0 Å². The van der Waals surface area contributed by atoms with Gasteiger partial charge in [0.15, 0.2) is 10.9 Å². The molecule has 1 amide bonds. The minimum Gasteiger partial charge on any atom is -0.366 e. The smallest absolute Gasteiger partial charge is 0.233 e. The van der Waals surface area contributed by atoms with Gasteiger partial charge in [-0.15, -0.1) is 0 Å². The normalized spacial score (nSPS) is 14.6. The third-order valence-corrected chi connectivity index (χ3v) is 5.47. The Morgan fingerprint density at radius 2 is 1.96 bits per heavy atom. The SMILES string of the molecule is CC(=O)c1ccc(N2CCN(C(=O)CSc3nccn3C)CC2)c(F)c1. The van der Waals surface area contributed by atoms with Gasteiger partial charge in [-0.05, 0) is 25.1 Å². The van der Waals surface area contributed by atoms with Crippen LogP contribution in [-0.2, 0) is 11.8 Å². The molecule has 1 fully saturated rings. The van der Waals surface area contributed by atoms with E-state index in [1.54, 1.807) is 23.2 Å². The molecule has 2 heterocycles. The number of hydrogen-bond donors (Lipinski definition) is 0. The lowest BCUT2D eigenvalue weighted by Gasteiger charge is -2.36. The zero-order chi connectivity index (χ0) is 18.7. The average molecular weight is 376 g/mol. The monoisotopic (exact) mass is 376 g/mol. The highest BCUT2D eigenvalue weighted by Crippen LogP contribution is 2.23. The van der Waals surface area contributed by atoms with Crippen molar-refractivity contribution in [1.29, 1.82) is 0 Å². The summed E-state index contributed by atoms with van der Waals surface area (Å²) in [6.07, 6.45) is 3.55. The molecule has 1 aromatic heterocycles. The fraction of sp³-hybridized carbons (Fsp3) is 0.389. The van der Waals surface area contributed by atoms with Crippen LogP contribution in [0.1, 0.15) is 17.3 Å². The Hall–Kier alpha value is -2.35. The van der Waals surface area contributed by atoms with Crippen LogP contribution in [0.25, 0.3) is 0 Å². The molecular formula is C18H21FN4O2S. The Morgan fingerprint density at radius 3 is 2.54 bits per heavy atom. The van der Waals surface area contributed by atoms with Crippen molar-refractivity contribution >= 4 is 29.1 Å². The topological polar surface area (TPSA) is 58.4 Å². The summed E-state index contributed by atoms with van der Waals surface area (Å²) >= 11 is 1.41. The summed E-state index contributed by atoms with van der Waals surface area (Å²) < 4.78 is 16.2. The molecule has 0 N–H and O–H groups in total. The molecule has 0 bridgehead atoms. The zero-order valence-corrected chi connectivity index (χ0v) is 15.6. The van der Waals surface area contributed by atoms with Crippen LogP contribution >= 0.6 is 11.8 Å². The van der Waals surface area contributed by atoms with Crippen LogP contribution in [0.4, 0.5) is 10.1 Å². The Bertz CT molecular complexity index is 815. The molecule has 0 spiro atoms. The molecule has 138 valence electrons. The van der Waals surface area contributed by atoms with Crippen molar-refractivity contribution in [3.63, 3.8) is 0 Å². The number of nitrogens with zero attached hydrogens (tertiary/aromatic N) is 4. The highest BCUT2D eigenvalue weighted by molar-refractivity contribution is 7.99. The van der Waals surface area contributed by atoms with E-state index in [4.69, 9.17) is 0 Å². The maximum absolute atomic E-state index is 14.3. The van der Waals surface area contributed by atoms with E-state index in [0.29, 0.717) is 43.2 Å². The fourth-order valence-electron chi connectivity index (χ4n) is 2.89. The highest BCUT2D eigenvalue weighted by Gasteiger charge is 2.23. The molecule has 0 unspecified atom stereocenters. The second-order valence-corrected chi connectivity index (χ2v) is 7.14. The first-order valence-corrected chi connectivity index (χ1v) is 9.37. The number of halogens is 1. The number of hydrogen-bond acceptors (Lipinski definition) is 5. The number of carbonyl (C=O) groups is 2. The highest BCUT2D eigenvalue weighted by atomic mass is 32.2. The van der Waals surface area contributed by atoms with E-state index in [1.807, 2.05) is 22.7 Å². The summed E-state index contributed by atoms with van der Waals surface area (Å²) in [5.74, 6) is -0.157. The van der Waals surface area contributed by atoms with E-state index in [-0.39, 0.29) is 11.7 Å². The molecule has 26 heavy (non-hydrogen) atoms. The number of aryl methyl sites for hydroxylation is 1. The van der Waals surface area contributed by atoms with Crippen LogP contribution in [-0.4, -0.2) is 58.1 Å². The van der Waals surface area contributed by atoms with Crippen LogP contribution in [0.15, 0.2) is 35.7 Å². The molecule has 6 nitrogen and oxygen atoms in total. The number of aromatic nitrogens is 2. The van der Waals surface area contributed by atoms with Crippen molar-refractivity contribution in [2.45, 2.75) is 12.1 Å². The lowest BCUT2D eigenvalue weighted by Crippen LogP contribution is -2.49. The van der Waals surface area contributed by atoms with Crippen LogP contribution < -0.4 is 4.90 Å². The molecule has 0 atom stereocenters. The molecule has 1 aromatic carbocycles.